The van der Waals surface area contributed by atoms with Gasteiger partial charge in [0.2, 0.25) is 10.0 Å². The number of amides is 1. The summed E-state index contributed by atoms with van der Waals surface area (Å²) in [6, 6.07) is 8.03. The van der Waals surface area contributed by atoms with Gasteiger partial charge >= 0.3 is 11.9 Å². The summed E-state index contributed by atoms with van der Waals surface area (Å²) in [5.41, 5.74) is 0.191. The van der Waals surface area contributed by atoms with Crippen molar-refractivity contribution in [3.8, 4) is 0 Å². The van der Waals surface area contributed by atoms with Crippen LogP contribution in [0.2, 0.25) is 0 Å². The third kappa shape index (κ3) is 6.58. The Bertz CT molecular complexity index is 1100. The van der Waals surface area contributed by atoms with E-state index in [2.05, 4.69) is 5.32 Å². The summed E-state index contributed by atoms with van der Waals surface area (Å²) in [5, 5.41) is 30.9. The molecule has 2 rings (SSSR count). The number of sulfonamides is 1. The molecule has 0 fully saturated rings. The van der Waals surface area contributed by atoms with E-state index in [1.54, 1.807) is 0 Å². The van der Waals surface area contributed by atoms with Gasteiger partial charge in [0, 0.05) is 29.8 Å². The maximum Gasteiger partial charge on any atom is 0.321 e. The number of carboxylic acids is 2. The minimum absolute atomic E-state index is 0.145. The van der Waals surface area contributed by atoms with Crippen molar-refractivity contribution in [1.29, 1.82) is 0 Å². The Hall–Kier alpha value is -3.84. The number of anilines is 1. The molecule has 0 aliphatic heterocycles. The van der Waals surface area contributed by atoms with Crippen LogP contribution in [-0.4, -0.2) is 47.4 Å². The molecule has 0 spiro atoms. The molecule has 0 bridgehead atoms. The summed E-state index contributed by atoms with van der Waals surface area (Å²) in [5.74, 6) is -3.36. The Morgan fingerprint density at radius 3 is 2.06 bits per heavy atom. The van der Waals surface area contributed by atoms with E-state index in [4.69, 9.17) is 10.2 Å². The molecule has 31 heavy (non-hydrogen) atoms. The molecule has 4 N–H and O–H groups in total. The van der Waals surface area contributed by atoms with Crippen LogP contribution in [0.4, 0.5) is 11.4 Å². The van der Waals surface area contributed by atoms with Gasteiger partial charge in [0.05, 0.1) is 9.82 Å². The van der Waals surface area contributed by atoms with Crippen molar-refractivity contribution in [3.05, 3.63) is 64.2 Å². The minimum atomic E-state index is -4.26. The molecular weight excluding hydrogens is 434 g/mol. The average Bonchev–Trinajstić information content (AvgIpc) is 2.71. The first-order chi connectivity index (χ1) is 14.5. The van der Waals surface area contributed by atoms with Gasteiger partial charge in [-0.15, -0.1) is 0 Å². The van der Waals surface area contributed by atoms with Gasteiger partial charge < -0.3 is 15.5 Å². The average molecular weight is 451 g/mol. The van der Waals surface area contributed by atoms with Crippen LogP contribution < -0.4 is 10.0 Å². The van der Waals surface area contributed by atoms with Crippen LogP contribution >= 0.6 is 0 Å². The number of nitrogens with zero attached hydrogens (tertiary/aromatic N) is 1. The highest BCUT2D eigenvalue weighted by Gasteiger charge is 2.26. The van der Waals surface area contributed by atoms with Crippen molar-refractivity contribution >= 4 is 39.2 Å². The summed E-state index contributed by atoms with van der Waals surface area (Å²) >= 11 is 0. The smallest absolute Gasteiger partial charge is 0.321 e. The first kappa shape index (κ1) is 23.4. The zero-order valence-electron chi connectivity index (χ0n) is 15.7. The number of nitrogens with one attached hydrogen (secondary N) is 2. The molecule has 0 radical (unpaired) electrons. The van der Waals surface area contributed by atoms with E-state index < -0.39 is 51.7 Å². The lowest BCUT2D eigenvalue weighted by atomic mass is 10.2. The van der Waals surface area contributed by atoms with Gasteiger partial charge in [0.1, 0.15) is 6.04 Å². The van der Waals surface area contributed by atoms with Crippen molar-refractivity contribution < 1.29 is 37.9 Å². The molecular formula is C18H17N3O9S. The van der Waals surface area contributed by atoms with Crippen molar-refractivity contribution in [2.75, 3.05) is 5.32 Å². The Morgan fingerprint density at radius 2 is 1.58 bits per heavy atom. The lowest BCUT2D eigenvalue weighted by Crippen LogP contribution is -2.41. The molecule has 0 saturated carbocycles. The van der Waals surface area contributed by atoms with Crippen LogP contribution in [0.3, 0.4) is 0 Å². The fourth-order valence-corrected chi connectivity index (χ4v) is 3.63. The van der Waals surface area contributed by atoms with E-state index >= 15 is 0 Å². The van der Waals surface area contributed by atoms with E-state index in [0.717, 1.165) is 12.1 Å². The summed E-state index contributed by atoms with van der Waals surface area (Å²) < 4.78 is 26.7. The third-order valence-corrected chi connectivity index (χ3v) is 5.49. The predicted octanol–water partition coefficient (Wildman–Crippen LogP) is 1.44. The van der Waals surface area contributed by atoms with E-state index in [9.17, 15) is 32.9 Å². The van der Waals surface area contributed by atoms with Gasteiger partial charge in [0.25, 0.3) is 11.6 Å². The lowest BCUT2D eigenvalue weighted by Gasteiger charge is -2.14. The maximum atomic E-state index is 12.4. The van der Waals surface area contributed by atoms with Crippen LogP contribution in [0.15, 0.2) is 53.4 Å². The zero-order chi connectivity index (χ0) is 23.2. The number of carbonyl (C=O) groups excluding carboxylic acids is 1. The highest BCUT2D eigenvalue weighted by atomic mass is 32.2. The number of nitro benzene ring substituents is 1. The molecule has 0 aromatic heterocycles. The van der Waals surface area contributed by atoms with Crippen molar-refractivity contribution in [2.24, 2.45) is 0 Å². The number of benzene rings is 2. The normalized spacial score (nSPS) is 12.0. The summed E-state index contributed by atoms with van der Waals surface area (Å²) in [7, 11) is -4.26. The SMILES string of the molecule is O=C(O)CC[C@H](NS(=O)(=O)c1ccc(NC(=O)c2ccc([N+](=O)[O-])cc2)cc1)C(=O)O. The number of hydrogen-bond acceptors (Lipinski definition) is 7. The number of non-ortho nitro benzene ring substituents is 1. The number of carbonyl (C=O) groups is 3. The van der Waals surface area contributed by atoms with Crippen LogP contribution in [0.1, 0.15) is 23.2 Å². The van der Waals surface area contributed by atoms with Crippen LogP contribution in [0, 0.1) is 10.1 Å². The number of rotatable bonds is 10. The fraction of sp³-hybridized carbons (Fsp3) is 0.167. The monoisotopic (exact) mass is 451 g/mol. The van der Waals surface area contributed by atoms with Crippen molar-refractivity contribution in [3.63, 3.8) is 0 Å². The lowest BCUT2D eigenvalue weighted by molar-refractivity contribution is -0.384. The molecule has 0 unspecified atom stereocenters. The topological polar surface area (TPSA) is 193 Å². The Balaban J connectivity index is 2.08. The molecule has 13 heteroatoms. The summed E-state index contributed by atoms with van der Waals surface area (Å²) in [4.78, 5) is 43.7. The first-order valence-electron chi connectivity index (χ1n) is 8.62. The van der Waals surface area contributed by atoms with Gasteiger partial charge in [-0.3, -0.25) is 24.5 Å². The second kappa shape index (κ2) is 9.77. The maximum absolute atomic E-state index is 12.4. The molecule has 2 aromatic carbocycles. The predicted molar refractivity (Wildman–Crippen MR) is 106 cm³/mol. The summed E-state index contributed by atoms with van der Waals surface area (Å²) in [6.45, 7) is 0. The van der Waals surface area contributed by atoms with Crippen molar-refractivity contribution in [2.45, 2.75) is 23.8 Å². The van der Waals surface area contributed by atoms with Crippen LogP contribution in [-0.2, 0) is 19.6 Å². The number of nitro groups is 1. The number of aliphatic carboxylic acids is 2. The third-order valence-electron chi connectivity index (χ3n) is 4.01. The number of carboxylic acid groups (broad SMARTS) is 2. The van der Waals surface area contributed by atoms with Crippen LogP contribution in [0.25, 0.3) is 0 Å². The zero-order valence-corrected chi connectivity index (χ0v) is 16.5. The molecule has 0 aliphatic rings. The second-order valence-corrected chi connectivity index (χ2v) is 7.94. The molecule has 1 amide bonds. The Labute approximate surface area is 175 Å². The van der Waals surface area contributed by atoms with E-state index in [0.29, 0.717) is 0 Å². The largest absolute Gasteiger partial charge is 0.481 e. The summed E-state index contributed by atoms with van der Waals surface area (Å²) in [6.07, 6.45) is -0.972. The van der Waals surface area contributed by atoms with Crippen LogP contribution in [0.5, 0.6) is 0 Å². The Morgan fingerprint density at radius 1 is 1.00 bits per heavy atom. The van der Waals surface area contributed by atoms with E-state index in [-0.39, 0.29) is 21.8 Å². The van der Waals surface area contributed by atoms with Gasteiger partial charge in [-0.1, -0.05) is 0 Å². The number of hydrogen-bond donors (Lipinski definition) is 4. The van der Waals surface area contributed by atoms with Crippen molar-refractivity contribution in [1.82, 2.24) is 4.72 Å². The molecule has 0 aliphatic carbocycles. The quantitative estimate of drug-likeness (QED) is 0.305. The highest BCUT2D eigenvalue weighted by molar-refractivity contribution is 7.89. The first-order valence-corrected chi connectivity index (χ1v) is 10.1. The molecule has 0 saturated heterocycles. The van der Waals surface area contributed by atoms with Gasteiger partial charge in [-0.25, -0.2) is 8.42 Å². The van der Waals surface area contributed by atoms with Gasteiger partial charge in [0.15, 0.2) is 0 Å². The molecule has 2 aromatic rings. The van der Waals surface area contributed by atoms with Gasteiger partial charge in [-0.2, -0.15) is 4.72 Å². The fourth-order valence-electron chi connectivity index (χ4n) is 2.41. The minimum Gasteiger partial charge on any atom is -0.481 e. The highest BCUT2D eigenvalue weighted by Crippen LogP contribution is 2.17. The standard InChI is InChI=1S/C18H17N3O9S/c22-16(23)10-9-15(18(25)26)20-31(29,30)14-7-3-12(4-8-14)19-17(24)11-1-5-13(6-2-11)21(27)28/h1-8,15,20H,9-10H2,(H,19,24)(H,22,23)(H,25,26)/t15-/m0/s1. The molecule has 1 atom stereocenters. The second-order valence-electron chi connectivity index (χ2n) is 6.23. The molecule has 0 heterocycles. The Kier molecular flexibility index (Phi) is 7.39. The van der Waals surface area contributed by atoms with Gasteiger partial charge in [-0.05, 0) is 42.8 Å². The molecule has 12 nitrogen and oxygen atoms in total. The van der Waals surface area contributed by atoms with E-state index in [1.165, 1.54) is 36.4 Å². The molecule has 164 valence electrons. The van der Waals surface area contributed by atoms with E-state index in [1.807, 2.05) is 4.72 Å².